The quantitative estimate of drug-likeness (QED) is 0.250. The number of imidazole rings is 1. The van der Waals surface area contributed by atoms with Crippen LogP contribution >= 0.6 is 24.0 Å². The van der Waals surface area contributed by atoms with Crippen molar-refractivity contribution in [1.29, 1.82) is 0 Å². The summed E-state index contributed by atoms with van der Waals surface area (Å²) in [6, 6.07) is 8.11. The molecule has 146 valence electrons. The van der Waals surface area contributed by atoms with Crippen LogP contribution in [0.15, 0.2) is 29.3 Å². The number of hydrogen-bond acceptors (Lipinski definition) is 3. The van der Waals surface area contributed by atoms with E-state index in [0.29, 0.717) is 0 Å². The number of fused-ring (bicyclic) bond motifs is 1. The van der Waals surface area contributed by atoms with E-state index in [-0.39, 0.29) is 35.5 Å². The molecule has 3 N–H and O–H groups in total. The second kappa shape index (κ2) is 10.7. The number of nitrogens with one attached hydrogen (secondary N) is 3. The summed E-state index contributed by atoms with van der Waals surface area (Å²) >= 11 is 0. The minimum Gasteiger partial charge on any atom is -0.379 e. The highest BCUT2D eigenvalue weighted by Gasteiger charge is 2.24. The Bertz CT molecular complexity index is 660. The zero-order valence-electron chi connectivity index (χ0n) is 16.4. The number of guanidine groups is 1. The highest BCUT2D eigenvalue weighted by atomic mass is 127. The van der Waals surface area contributed by atoms with Crippen LogP contribution in [0, 0.1) is 5.41 Å². The van der Waals surface area contributed by atoms with Crippen molar-refractivity contribution in [3.63, 3.8) is 0 Å². The van der Waals surface area contributed by atoms with Gasteiger partial charge in [-0.15, -0.1) is 24.0 Å². The number of aryl methyl sites for hydroxylation is 1. The number of aromatic nitrogens is 2. The summed E-state index contributed by atoms with van der Waals surface area (Å²) in [5.74, 6) is 1.83. The normalized spacial score (nSPS) is 13.3. The van der Waals surface area contributed by atoms with Gasteiger partial charge in [-0.05, 0) is 24.0 Å². The topological polar surface area (TPSA) is 74.3 Å². The molecule has 1 heterocycles. The molecule has 0 spiro atoms. The molecular weight excluding hydrogens is 441 g/mol. The molecule has 2 aromatic rings. The Labute approximate surface area is 173 Å². The van der Waals surface area contributed by atoms with Crippen LogP contribution in [0.5, 0.6) is 0 Å². The molecule has 0 saturated heterocycles. The molecule has 0 aliphatic rings. The second-order valence-corrected chi connectivity index (χ2v) is 7.27. The van der Waals surface area contributed by atoms with Gasteiger partial charge in [0.2, 0.25) is 0 Å². The van der Waals surface area contributed by atoms with Gasteiger partial charge in [0.05, 0.1) is 17.1 Å². The molecule has 0 aliphatic heterocycles. The fourth-order valence-electron chi connectivity index (χ4n) is 2.74. The Morgan fingerprint density at radius 2 is 2.00 bits per heavy atom. The number of rotatable bonds is 7. The van der Waals surface area contributed by atoms with E-state index in [4.69, 9.17) is 4.74 Å². The van der Waals surface area contributed by atoms with E-state index in [1.807, 2.05) is 18.2 Å². The first kappa shape index (κ1) is 22.7. The SMILES string of the molecule is CN=C(NCCCc1nc2ccccc2[nH]1)NCC(OC)C(C)(C)C.I. The van der Waals surface area contributed by atoms with Crippen molar-refractivity contribution < 1.29 is 4.74 Å². The van der Waals surface area contributed by atoms with Gasteiger partial charge in [-0.25, -0.2) is 4.98 Å². The molecule has 0 amide bonds. The number of aliphatic imine (C=N–C) groups is 1. The summed E-state index contributed by atoms with van der Waals surface area (Å²) in [6.07, 6.45) is 2.01. The van der Waals surface area contributed by atoms with Gasteiger partial charge in [0.25, 0.3) is 0 Å². The molecule has 1 atom stereocenters. The Balaban J connectivity index is 0.00000338. The van der Waals surface area contributed by atoms with E-state index in [9.17, 15) is 0 Å². The number of aromatic amines is 1. The number of H-pyrrole nitrogens is 1. The van der Waals surface area contributed by atoms with Crippen molar-refractivity contribution in [1.82, 2.24) is 20.6 Å². The van der Waals surface area contributed by atoms with Crippen molar-refractivity contribution in [2.75, 3.05) is 27.2 Å². The summed E-state index contributed by atoms with van der Waals surface area (Å²) in [5, 5.41) is 6.68. The molecule has 0 bridgehead atoms. The molecule has 26 heavy (non-hydrogen) atoms. The summed E-state index contributed by atoms with van der Waals surface area (Å²) in [5.41, 5.74) is 2.20. The van der Waals surface area contributed by atoms with Crippen LogP contribution in [0.2, 0.25) is 0 Å². The molecule has 7 heteroatoms. The Hall–Kier alpha value is -1.35. The lowest BCUT2D eigenvalue weighted by atomic mass is 9.89. The van der Waals surface area contributed by atoms with Crippen LogP contribution in [0.25, 0.3) is 11.0 Å². The molecule has 0 aliphatic carbocycles. The van der Waals surface area contributed by atoms with Gasteiger partial charge in [-0.3, -0.25) is 4.99 Å². The summed E-state index contributed by atoms with van der Waals surface area (Å²) in [7, 11) is 3.54. The predicted molar refractivity (Wildman–Crippen MR) is 119 cm³/mol. The van der Waals surface area contributed by atoms with E-state index in [1.165, 1.54) is 0 Å². The Kier molecular flexibility index (Phi) is 9.35. The van der Waals surface area contributed by atoms with Crippen molar-refractivity contribution in [3.8, 4) is 0 Å². The van der Waals surface area contributed by atoms with Gasteiger partial charge < -0.3 is 20.4 Å². The average molecular weight is 473 g/mol. The second-order valence-electron chi connectivity index (χ2n) is 7.27. The number of benzene rings is 1. The predicted octanol–water partition coefficient (Wildman–Crippen LogP) is 3.34. The number of ether oxygens (including phenoxy) is 1. The van der Waals surface area contributed by atoms with Gasteiger partial charge in [-0.1, -0.05) is 32.9 Å². The maximum atomic E-state index is 5.56. The van der Waals surface area contributed by atoms with Gasteiger partial charge >= 0.3 is 0 Å². The van der Waals surface area contributed by atoms with Gasteiger partial charge in [-0.2, -0.15) is 0 Å². The fourth-order valence-corrected chi connectivity index (χ4v) is 2.74. The third-order valence-electron chi connectivity index (χ3n) is 4.25. The third-order valence-corrected chi connectivity index (χ3v) is 4.25. The number of methoxy groups -OCH3 is 1. The Morgan fingerprint density at radius 1 is 1.27 bits per heavy atom. The average Bonchev–Trinajstić information content (AvgIpc) is 2.98. The number of nitrogens with zero attached hydrogens (tertiary/aromatic N) is 2. The van der Waals surface area contributed by atoms with E-state index in [0.717, 1.165) is 48.7 Å². The maximum Gasteiger partial charge on any atom is 0.191 e. The van der Waals surface area contributed by atoms with Gasteiger partial charge in [0.1, 0.15) is 5.82 Å². The zero-order valence-corrected chi connectivity index (χ0v) is 18.8. The first-order valence-electron chi connectivity index (χ1n) is 8.85. The number of para-hydroxylation sites is 2. The van der Waals surface area contributed by atoms with Gasteiger partial charge in [0, 0.05) is 33.7 Å². The zero-order chi connectivity index (χ0) is 18.3. The van der Waals surface area contributed by atoms with E-state index >= 15 is 0 Å². The van der Waals surface area contributed by atoms with Crippen molar-refractivity contribution in [2.24, 2.45) is 10.4 Å². The molecular formula is C19H32IN5O. The lowest BCUT2D eigenvalue weighted by Crippen LogP contribution is -2.45. The lowest BCUT2D eigenvalue weighted by Gasteiger charge is -2.30. The summed E-state index contributed by atoms with van der Waals surface area (Å²) < 4.78 is 5.56. The van der Waals surface area contributed by atoms with Crippen molar-refractivity contribution >= 4 is 41.0 Å². The largest absolute Gasteiger partial charge is 0.379 e. The fraction of sp³-hybridized carbons (Fsp3) is 0.579. The van der Waals surface area contributed by atoms with Crippen LogP contribution in [0.1, 0.15) is 33.0 Å². The van der Waals surface area contributed by atoms with E-state index in [2.05, 4.69) is 52.4 Å². The maximum absolute atomic E-state index is 5.56. The van der Waals surface area contributed by atoms with Crippen LogP contribution in [0.4, 0.5) is 0 Å². The van der Waals surface area contributed by atoms with Crippen molar-refractivity contribution in [2.45, 2.75) is 39.7 Å². The van der Waals surface area contributed by atoms with Crippen LogP contribution in [-0.2, 0) is 11.2 Å². The molecule has 1 aromatic carbocycles. The highest BCUT2D eigenvalue weighted by Crippen LogP contribution is 2.20. The third kappa shape index (κ3) is 6.75. The first-order chi connectivity index (χ1) is 11.9. The van der Waals surface area contributed by atoms with Crippen LogP contribution in [-0.4, -0.2) is 49.3 Å². The van der Waals surface area contributed by atoms with Crippen molar-refractivity contribution in [3.05, 3.63) is 30.1 Å². The monoisotopic (exact) mass is 473 g/mol. The van der Waals surface area contributed by atoms with E-state index < -0.39 is 0 Å². The summed E-state index contributed by atoms with van der Waals surface area (Å²) in [4.78, 5) is 12.2. The molecule has 2 rings (SSSR count). The number of halogens is 1. The standard InChI is InChI=1S/C19H31N5O.HI/c1-19(2,3)16(25-5)13-22-18(20-4)21-12-8-11-17-23-14-9-6-7-10-15(14)24-17;/h6-7,9-10,16H,8,11-13H2,1-5H3,(H,23,24)(H2,20,21,22);1H. The smallest absolute Gasteiger partial charge is 0.191 e. The molecule has 1 aromatic heterocycles. The summed E-state index contributed by atoms with van der Waals surface area (Å²) in [6.45, 7) is 8.08. The van der Waals surface area contributed by atoms with Crippen LogP contribution < -0.4 is 10.6 Å². The number of hydrogen-bond donors (Lipinski definition) is 3. The minimum absolute atomic E-state index is 0. The first-order valence-corrected chi connectivity index (χ1v) is 8.85. The molecule has 6 nitrogen and oxygen atoms in total. The minimum atomic E-state index is 0. The lowest BCUT2D eigenvalue weighted by molar-refractivity contribution is 0.0205. The van der Waals surface area contributed by atoms with Gasteiger partial charge in [0.15, 0.2) is 5.96 Å². The molecule has 0 saturated carbocycles. The molecule has 0 radical (unpaired) electrons. The van der Waals surface area contributed by atoms with E-state index in [1.54, 1.807) is 14.2 Å². The molecule has 0 fully saturated rings. The highest BCUT2D eigenvalue weighted by molar-refractivity contribution is 14.0. The van der Waals surface area contributed by atoms with Crippen LogP contribution in [0.3, 0.4) is 0 Å². The Morgan fingerprint density at radius 3 is 2.62 bits per heavy atom. The molecule has 1 unspecified atom stereocenters.